The number of thioether (sulfide) groups is 1. The maximum Gasteiger partial charge on any atom is 0.233 e. The van der Waals surface area contributed by atoms with E-state index in [1.54, 1.807) is 24.9 Å². The Kier molecular flexibility index (Phi) is 8.01. The van der Waals surface area contributed by atoms with Crippen molar-refractivity contribution >= 4 is 17.7 Å². The van der Waals surface area contributed by atoms with Crippen LogP contribution in [0.4, 0.5) is 4.39 Å². The zero-order valence-corrected chi connectivity index (χ0v) is 18.1. The fourth-order valence-corrected chi connectivity index (χ4v) is 3.62. The molecule has 1 heterocycles. The number of rotatable bonds is 8. The zero-order chi connectivity index (χ0) is 22.1. The number of halogens is 1. The van der Waals surface area contributed by atoms with Crippen molar-refractivity contribution in [2.45, 2.75) is 18.6 Å². The van der Waals surface area contributed by atoms with Crippen molar-refractivity contribution in [3.63, 3.8) is 0 Å². The van der Waals surface area contributed by atoms with Crippen LogP contribution in [0.25, 0.3) is 11.1 Å². The number of nitrogens with zero attached hydrogens (tertiary/aromatic N) is 4. The average Bonchev–Trinajstić information content (AvgIpc) is 3.27. The molecule has 7 nitrogen and oxygen atoms in total. The van der Waals surface area contributed by atoms with Crippen LogP contribution in [0.3, 0.4) is 0 Å². The van der Waals surface area contributed by atoms with E-state index in [4.69, 9.17) is 9.78 Å². The minimum atomic E-state index is -0.278. The van der Waals surface area contributed by atoms with Gasteiger partial charge in [-0.2, -0.15) is 22.0 Å². The molecule has 2 N–H and O–H groups in total. The van der Waals surface area contributed by atoms with Crippen molar-refractivity contribution < 1.29 is 8.91 Å². The van der Waals surface area contributed by atoms with E-state index in [1.165, 1.54) is 6.07 Å². The first kappa shape index (κ1) is 22.3. The monoisotopic (exact) mass is 438 g/mol. The van der Waals surface area contributed by atoms with Gasteiger partial charge in [0, 0.05) is 24.9 Å². The molecule has 0 bridgehead atoms. The Balaban J connectivity index is 1.55. The molecule has 31 heavy (non-hydrogen) atoms. The largest absolute Gasteiger partial charge is 0.355 e. The predicted octanol–water partition coefficient (Wildman–Crippen LogP) is 3.91. The van der Waals surface area contributed by atoms with E-state index >= 15 is 0 Å². The van der Waals surface area contributed by atoms with E-state index in [0.717, 1.165) is 16.9 Å². The van der Waals surface area contributed by atoms with E-state index in [-0.39, 0.29) is 11.7 Å². The maximum absolute atomic E-state index is 14.7. The third-order valence-corrected chi connectivity index (χ3v) is 5.56. The Morgan fingerprint density at radius 3 is 2.81 bits per heavy atom. The van der Waals surface area contributed by atoms with E-state index in [9.17, 15) is 4.39 Å². The molecule has 0 amide bonds. The van der Waals surface area contributed by atoms with Crippen LogP contribution >= 0.6 is 11.8 Å². The van der Waals surface area contributed by atoms with Crippen molar-refractivity contribution in [3.8, 4) is 17.3 Å². The summed E-state index contributed by atoms with van der Waals surface area (Å²) in [4.78, 5) is 8.36. The zero-order valence-electron chi connectivity index (χ0n) is 17.3. The number of aromatic nitrogens is 2. The highest BCUT2D eigenvalue weighted by Crippen LogP contribution is 2.29. The van der Waals surface area contributed by atoms with Gasteiger partial charge in [-0.25, -0.2) is 4.39 Å². The molecule has 1 unspecified atom stereocenters. The van der Waals surface area contributed by atoms with Crippen LogP contribution in [0.2, 0.25) is 0 Å². The highest BCUT2D eigenvalue weighted by atomic mass is 32.2. The van der Waals surface area contributed by atoms with Crippen LogP contribution in [-0.4, -0.2) is 35.4 Å². The van der Waals surface area contributed by atoms with Gasteiger partial charge in [0.25, 0.3) is 0 Å². The summed E-state index contributed by atoms with van der Waals surface area (Å²) in [5.74, 6) is 2.35. The van der Waals surface area contributed by atoms with Crippen molar-refractivity contribution in [2.75, 3.05) is 19.3 Å². The molecule has 0 spiro atoms. The second-order valence-electron chi connectivity index (χ2n) is 6.66. The van der Waals surface area contributed by atoms with Crippen molar-refractivity contribution in [1.29, 1.82) is 5.26 Å². The summed E-state index contributed by atoms with van der Waals surface area (Å²) >= 11 is 1.63. The summed E-state index contributed by atoms with van der Waals surface area (Å²) in [6.45, 7) is 2.55. The maximum atomic E-state index is 14.7. The number of nitriles is 1. The van der Waals surface area contributed by atoms with Gasteiger partial charge in [0.05, 0.1) is 11.7 Å². The number of aliphatic imine (C=N–C) groups is 1. The number of hydrogen-bond acceptors (Lipinski definition) is 6. The molecule has 0 aliphatic rings. The van der Waals surface area contributed by atoms with Crippen LogP contribution in [0, 0.1) is 17.3 Å². The van der Waals surface area contributed by atoms with Crippen molar-refractivity contribution in [3.05, 3.63) is 71.6 Å². The molecule has 0 fully saturated rings. The lowest BCUT2D eigenvalue weighted by molar-refractivity contribution is 0.366. The second-order valence-corrected chi connectivity index (χ2v) is 7.77. The third-order valence-electron chi connectivity index (χ3n) is 4.60. The highest BCUT2D eigenvalue weighted by molar-refractivity contribution is 7.98. The first-order valence-electron chi connectivity index (χ1n) is 9.73. The normalized spacial score (nSPS) is 12.3. The lowest BCUT2D eigenvalue weighted by Crippen LogP contribution is -2.35. The van der Waals surface area contributed by atoms with Gasteiger partial charge in [-0.3, -0.25) is 10.3 Å². The number of nitrogens with one attached hydrogen (secondary N) is 2. The van der Waals surface area contributed by atoms with Gasteiger partial charge in [0.15, 0.2) is 12.0 Å². The summed E-state index contributed by atoms with van der Waals surface area (Å²) in [6, 6.07) is 14.7. The van der Waals surface area contributed by atoms with E-state index in [1.807, 2.05) is 49.5 Å². The van der Waals surface area contributed by atoms with Crippen LogP contribution in [0.15, 0.2) is 58.0 Å². The van der Waals surface area contributed by atoms with Crippen LogP contribution < -0.4 is 10.6 Å². The predicted molar refractivity (Wildman–Crippen MR) is 120 cm³/mol. The fourth-order valence-electron chi connectivity index (χ4n) is 2.93. The summed E-state index contributed by atoms with van der Waals surface area (Å²) < 4.78 is 20.1. The van der Waals surface area contributed by atoms with Crippen molar-refractivity contribution in [1.82, 2.24) is 20.8 Å². The van der Waals surface area contributed by atoms with Crippen molar-refractivity contribution in [2.24, 2.45) is 4.99 Å². The minimum Gasteiger partial charge on any atom is -0.355 e. The number of hydrogen-bond donors (Lipinski definition) is 2. The first-order chi connectivity index (χ1) is 15.1. The van der Waals surface area contributed by atoms with Gasteiger partial charge in [-0.15, -0.1) is 0 Å². The Labute approximate surface area is 184 Å². The van der Waals surface area contributed by atoms with E-state index in [2.05, 4.69) is 25.8 Å². The molecule has 160 valence electrons. The molecular weight excluding hydrogens is 415 g/mol. The third kappa shape index (κ3) is 6.06. The molecule has 2 aromatic carbocycles. The van der Waals surface area contributed by atoms with E-state index < -0.39 is 0 Å². The molecule has 1 atom stereocenters. The smallest absolute Gasteiger partial charge is 0.233 e. The molecule has 0 radical (unpaired) electrons. The molecule has 3 aromatic rings. The minimum absolute atomic E-state index is 0.215. The van der Waals surface area contributed by atoms with Crippen LogP contribution in [-0.2, 0) is 5.75 Å². The van der Waals surface area contributed by atoms with Gasteiger partial charge in [0.2, 0.25) is 11.9 Å². The van der Waals surface area contributed by atoms with Crippen LogP contribution in [0.1, 0.15) is 30.1 Å². The summed E-state index contributed by atoms with van der Waals surface area (Å²) in [5.41, 5.74) is 2.18. The number of guanidine groups is 1. The number of benzene rings is 2. The Morgan fingerprint density at radius 2 is 2.10 bits per heavy atom. The average molecular weight is 439 g/mol. The van der Waals surface area contributed by atoms with E-state index in [0.29, 0.717) is 35.5 Å². The summed E-state index contributed by atoms with van der Waals surface area (Å²) in [7, 11) is 1.60. The lowest BCUT2D eigenvalue weighted by Gasteiger charge is -2.10. The Morgan fingerprint density at radius 1 is 1.29 bits per heavy atom. The molecule has 0 aliphatic heterocycles. The fraction of sp³-hybridized carbons (Fsp3) is 0.273. The summed E-state index contributed by atoms with van der Waals surface area (Å²) in [5, 5.41) is 18.1. The quantitative estimate of drug-likeness (QED) is 0.181. The van der Waals surface area contributed by atoms with Gasteiger partial charge < -0.3 is 9.84 Å². The topological polar surface area (TPSA) is 99.1 Å². The van der Waals surface area contributed by atoms with Gasteiger partial charge in [-0.1, -0.05) is 47.6 Å². The Hall–Kier alpha value is -3.38. The van der Waals surface area contributed by atoms with Gasteiger partial charge in [-0.05, 0) is 24.1 Å². The first-order valence-corrected chi connectivity index (χ1v) is 10.9. The lowest BCUT2D eigenvalue weighted by atomic mass is 9.97. The highest BCUT2D eigenvalue weighted by Gasteiger charge is 2.18. The molecule has 0 aliphatic carbocycles. The SMILES string of the molecule is CN=C(NC#N)NCCSCc1noc(C(C)c2ccc(-c3ccccc3)c(F)c2)n1. The standard InChI is InChI=1S/C22H23FN6OS/c1-15(17-8-9-18(19(23)12-17)16-6-4-3-5-7-16)21-28-20(29-30-21)13-31-11-10-26-22(25-2)27-14-24/h3-9,12,15H,10-11,13H2,1-2H3,(H2,25,26,27). The van der Waals surface area contributed by atoms with Crippen LogP contribution in [0.5, 0.6) is 0 Å². The summed E-state index contributed by atoms with van der Waals surface area (Å²) in [6.07, 6.45) is 1.82. The molecule has 9 heteroatoms. The molecule has 1 aromatic heterocycles. The van der Waals surface area contributed by atoms with Gasteiger partial charge in [0.1, 0.15) is 5.82 Å². The molecular formula is C22H23FN6OS. The molecule has 0 saturated heterocycles. The second kappa shape index (κ2) is 11.1. The molecule has 3 rings (SSSR count). The Bertz CT molecular complexity index is 1060. The molecule has 0 saturated carbocycles. The van der Waals surface area contributed by atoms with Gasteiger partial charge >= 0.3 is 0 Å².